The maximum Gasteiger partial charge on any atom is 0.272 e. The molecule has 0 radical (unpaired) electrons. The summed E-state index contributed by atoms with van der Waals surface area (Å²) in [4.78, 5) is 14.5. The van der Waals surface area contributed by atoms with Crippen molar-refractivity contribution >= 4 is 5.69 Å². The number of nitro benzene ring substituents is 1. The molecule has 0 unspecified atom stereocenters. The van der Waals surface area contributed by atoms with Gasteiger partial charge in [-0.2, -0.15) is 0 Å². The first-order valence-electron chi connectivity index (χ1n) is 6.09. The molecule has 0 spiro atoms. The van der Waals surface area contributed by atoms with Gasteiger partial charge in [-0.1, -0.05) is 18.2 Å². The first-order valence-corrected chi connectivity index (χ1v) is 6.09. The summed E-state index contributed by atoms with van der Waals surface area (Å²) in [6.07, 6.45) is 4.14. The number of rotatable bonds is 6. The summed E-state index contributed by atoms with van der Waals surface area (Å²) < 4.78 is 0. The third-order valence-electron chi connectivity index (χ3n) is 2.84. The van der Waals surface area contributed by atoms with Crippen molar-refractivity contribution in [3.05, 3.63) is 70.0 Å². The van der Waals surface area contributed by atoms with Gasteiger partial charge in [0.15, 0.2) is 0 Å². The van der Waals surface area contributed by atoms with Gasteiger partial charge in [-0.3, -0.25) is 15.1 Å². The zero-order valence-corrected chi connectivity index (χ0v) is 10.5. The van der Waals surface area contributed by atoms with E-state index in [9.17, 15) is 10.1 Å². The molecule has 0 bridgehead atoms. The molecule has 5 heteroatoms. The first-order chi connectivity index (χ1) is 9.27. The summed E-state index contributed by atoms with van der Waals surface area (Å²) in [5.41, 5.74) is 2.10. The highest BCUT2D eigenvalue weighted by atomic mass is 16.6. The van der Waals surface area contributed by atoms with Gasteiger partial charge in [0.25, 0.3) is 5.69 Å². The molecule has 1 aromatic carbocycles. The van der Waals surface area contributed by atoms with Crippen molar-refractivity contribution in [2.24, 2.45) is 0 Å². The molecule has 2 aromatic rings. The van der Waals surface area contributed by atoms with Crippen LogP contribution in [0.1, 0.15) is 11.1 Å². The average Bonchev–Trinajstić information content (AvgIpc) is 2.45. The average molecular weight is 257 g/mol. The second-order valence-corrected chi connectivity index (χ2v) is 4.17. The van der Waals surface area contributed by atoms with Gasteiger partial charge in [0.05, 0.1) is 4.92 Å². The fraction of sp³-hybridized carbons (Fsp3) is 0.214. The number of benzene rings is 1. The van der Waals surface area contributed by atoms with Crippen LogP contribution in [0.4, 0.5) is 5.69 Å². The number of hydrogen-bond acceptors (Lipinski definition) is 4. The van der Waals surface area contributed by atoms with E-state index in [1.807, 2.05) is 18.2 Å². The maximum absolute atomic E-state index is 10.9. The van der Waals surface area contributed by atoms with Gasteiger partial charge in [0.2, 0.25) is 0 Å². The van der Waals surface area contributed by atoms with E-state index in [-0.39, 0.29) is 10.6 Å². The van der Waals surface area contributed by atoms with Crippen LogP contribution in [0.25, 0.3) is 0 Å². The Kier molecular flexibility index (Phi) is 4.58. The molecule has 98 valence electrons. The zero-order valence-electron chi connectivity index (χ0n) is 10.5. The lowest BCUT2D eigenvalue weighted by molar-refractivity contribution is -0.385. The van der Waals surface area contributed by atoms with Crippen molar-refractivity contribution in [1.82, 2.24) is 10.3 Å². The largest absolute Gasteiger partial charge is 0.312 e. The molecule has 0 aliphatic carbocycles. The highest BCUT2D eigenvalue weighted by Gasteiger charge is 2.11. The van der Waals surface area contributed by atoms with E-state index in [0.717, 1.165) is 17.7 Å². The Morgan fingerprint density at radius 2 is 1.89 bits per heavy atom. The van der Waals surface area contributed by atoms with Crippen LogP contribution < -0.4 is 5.32 Å². The third kappa shape index (κ3) is 3.86. The minimum Gasteiger partial charge on any atom is -0.312 e. The zero-order chi connectivity index (χ0) is 13.5. The van der Waals surface area contributed by atoms with E-state index in [1.54, 1.807) is 24.5 Å². The lowest BCUT2D eigenvalue weighted by atomic mass is 10.1. The number of nitrogens with one attached hydrogen (secondary N) is 1. The monoisotopic (exact) mass is 257 g/mol. The van der Waals surface area contributed by atoms with Crippen molar-refractivity contribution < 1.29 is 4.92 Å². The Labute approximate surface area is 111 Å². The van der Waals surface area contributed by atoms with Crippen LogP contribution >= 0.6 is 0 Å². The highest BCUT2D eigenvalue weighted by molar-refractivity contribution is 5.39. The Morgan fingerprint density at radius 1 is 1.16 bits per heavy atom. The minimum absolute atomic E-state index is 0.188. The molecule has 0 amide bonds. The number of pyridine rings is 1. The second-order valence-electron chi connectivity index (χ2n) is 4.17. The predicted octanol–water partition coefficient (Wildman–Crippen LogP) is 2.32. The maximum atomic E-state index is 10.9. The molecule has 0 fully saturated rings. The lowest BCUT2D eigenvalue weighted by Crippen LogP contribution is -2.17. The Bertz CT molecular complexity index is 543. The van der Waals surface area contributed by atoms with Crippen LogP contribution in [-0.4, -0.2) is 16.5 Å². The van der Waals surface area contributed by atoms with E-state index in [4.69, 9.17) is 0 Å². The van der Waals surface area contributed by atoms with Crippen LogP contribution in [0, 0.1) is 10.1 Å². The normalized spacial score (nSPS) is 10.3. The second kappa shape index (κ2) is 6.61. The van der Waals surface area contributed by atoms with Crippen molar-refractivity contribution in [3.8, 4) is 0 Å². The van der Waals surface area contributed by atoms with Crippen LogP contribution in [0.2, 0.25) is 0 Å². The number of para-hydroxylation sites is 1. The topological polar surface area (TPSA) is 68.1 Å². The quantitative estimate of drug-likeness (QED) is 0.490. The summed E-state index contributed by atoms with van der Waals surface area (Å²) >= 11 is 0. The molecule has 19 heavy (non-hydrogen) atoms. The molecular formula is C14H15N3O2. The molecule has 1 aromatic heterocycles. The molecule has 1 N–H and O–H groups in total. The van der Waals surface area contributed by atoms with Crippen LogP contribution in [-0.2, 0) is 13.0 Å². The van der Waals surface area contributed by atoms with Crippen LogP contribution in [0.3, 0.4) is 0 Å². The van der Waals surface area contributed by atoms with Crippen molar-refractivity contribution in [2.75, 3.05) is 6.54 Å². The van der Waals surface area contributed by atoms with Crippen molar-refractivity contribution in [1.29, 1.82) is 0 Å². The molecule has 2 rings (SSSR count). The van der Waals surface area contributed by atoms with Gasteiger partial charge in [-0.25, -0.2) is 0 Å². The Balaban J connectivity index is 1.85. The summed E-state index contributed by atoms with van der Waals surface area (Å²) in [5.74, 6) is 0. The fourth-order valence-corrected chi connectivity index (χ4v) is 1.86. The van der Waals surface area contributed by atoms with Gasteiger partial charge in [0.1, 0.15) is 0 Å². The predicted molar refractivity (Wildman–Crippen MR) is 72.7 cm³/mol. The van der Waals surface area contributed by atoms with E-state index < -0.39 is 0 Å². The van der Waals surface area contributed by atoms with Gasteiger partial charge in [0, 0.05) is 30.6 Å². The van der Waals surface area contributed by atoms with Crippen molar-refractivity contribution in [2.45, 2.75) is 13.0 Å². The smallest absolute Gasteiger partial charge is 0.272 e. The summed E-state index contributed by atoms with van der Waals surface area (Å²) in [6, 6.07) is 10.7. The minimum atomic E-state index is -0.335. The van der Waals surface area contributed by atoms with E-state index >= 15 is 0 Å². The number of nitro groups is 1. The number of hydrogen-bond donors (Lipinski definition) is 1. The molecule has 0 saturated carbocycles. The Hall–Kier alpha value is -2.27. The molecule has 0 aliphatic rings. The molecular weight excluding hydrogens is 242 g/mol. The fourth-order valence-electron chi connectivity index (χ4n) is 1.86. The van der Waals surface area contributed by atoms with Gasteiger partial charge in [-0.05, 0) is 30.7 Å². The van der Waals surface area contributed by atoms with Gasteiger partial charge in [-0.15, -0.1) is 0 Å². The van der Waals surface area contributed by atoms with E-state index in [1.165, 1.54) is 6.07 Å². The standard InChI is InChI=1S/C14H15N3O2/c18-17(19)14-4-2-1-3-13(14)7-10-16-11-12-5-8-15-9-6-12/h1-6,8-9,16H,7,10-11H2. The number of nitrogens with zero attached hydrogens (tertiary/aromatic N) is 2. The van der Waals surface area contributed by atoms with Crippen molar-refractivity contribution in [3.63, 3.8) is 0 Å². The Morgan fingerprint density at radius 3 is 2.63 bits per heavy atom. The molecule has 5 nitrogen and oxygen atoms in total. The molecule has 0 saturated heterocycles. The molecule has 0 aliphatic heterocycles. The summed E-state index contributed by atoms with van der Waals surface area (Å²) in [7, 11) is 0. The van der Waals surface area contributed by atoms with E-state index in [2.05, 4.69) is 10.3 Å². The van der Waals surface area contributed by atoms with Crippen LogP contribution in [0.15, 0.2) is 48.8 Å². The van der Waals surface area contributed by atoms with Gasteiger partial charge < -0.3 is 5.32 Å². The van der Waals surface area contributed by atoms with Gasteiger partial charge >= 0.3 is 0 Å². The SMILES string of the molecule is O=[N+]([O-])c1ccccc1CCNCc1ccncc1. The lowest BCUT2D eigenvalue weighted by Gasteiger charge is -2.05. The molecule has 0 atom stereocenters. The summed E-state index contributed by atoms with van der Waals surface area (Å²) in [6.45, 7) is 1.44. The third-order valence-corrected chi connectivity index (χ3v) is 2.84. The summed E-state index contributed by atoms with van der Waals surface area (Å²) in [5, 5.41) is 14.1. The molecule has 1 heterocycles. The number of aromatic nitrogens is 1. The van der Waals surface area contributed by atoms with E-state index in [0.29, 0.717) is 13.0 Å². The first kappa shape index (κ1) is 13.2. The highest BCUT2D eigenvalue weighted by Crippen LogP contribution is 2.17. The van der Waals surface area contributed by atoms with Crippen LogP contribution in [0.5, 0.6) is 0 Å².